The molecule has 0 radical (unpaired) electrons. The summed E-state index contributed by atoms with van der Waals surface area (Å²) >= 11 is 5.71. The molecule has 2 N–H and O–H groups in total. The molecule has 10 heteroatoms. The third kappa shape index (κ3) is 6.45. The quantitative estimate of drug-likeness (QED) is 0.443. The SMILES string of the molecule is CC(=O)C1CCN(c2ncc(-c3cccc(OCCNC(=O)Nc4ccc(Cl)cc4F)c3)cn2)C1. The lowest BCUT2D eigenvalue weighted by Gasteiger charge is -2.16. The maximum absolute atomic E-state index is 13.8. The van der Waals surface area contributed by atoms with E-state index in [1.54, 1.807) is 19.3 Å². The predicted octanol–water partition coefficient (Wildman–Crippen LogP) is 4.55. The molecular formula is C25H25ClFN5O3. The molecule has 182 valence electrons. The third-order valence-corrected chi connectivity index (χ3v) is 5.92. The zero-order valence-corrected chi connectivity index (χ0v) is 19.9. The van der Waals surface area contributed by atoms with Crippen molar-refractivity contribution in [2.24, 2.45) is 5.92 Å². The van der Waals surface area contributed by atoms with E-state index in [1.165, 1.54) is 12.1 Å². The zero-order valence-electron chi connectivity index (χ0n) is 19.1. The van der Waals surface area contributed by atoms with Crippen molar-refractivity contribution in [1.82, 2.24) is 15.3 Å². The van der Waals surface area contributed by atoms with Crippen LogP contribution in [0.25, 0.3) is 11.1 Å². The van der Waals surface area contributed by atoms with Crippen molar-refractivity contribution < 1.29 is 18.7 Å². The van der Waals surface area contributed by atoms with E-state index in [0.717, 1.165) is 30.2 Å². The van der Waals surface area contributed by atoms with E-state index in [-0.39, 0.29) is 35.6 Å². The van der Waals surface area contributed by atoms with Crippen LogP contribution in [0.1, 0.15) is 13.3 Å². The molecule has 35 heavy (non-hydrogen) atoms. The van der Waals surface area contributed by atoms with Crippen LogP contribution in [0.4, 0.5) is 20.8 Å². The lowest BCUT2D eigenvalue weighted by molar-refractivity contribution is -0.120. The lowest BCUT2D eigenvalue weighted by Crippen LogP contribution is -2.32. The van der Waals surface area contributed by atoms with Crippen molar-refractivity contribution in [3.8, 4) is 16.9 Å². The maximum Gasteiger partial charge on any atom is 0.319 e. The second kappa shape index (κ2) is 11.1. The van der Waals surface area contributed by atoms with Gasteiger partial charge in [0, 0.05) is 42.0 Å². The smallest absolute Gasteiger partial charge is 0.319 e. The van der Waals surface area contributed by atoms with Gasteiger partial charge in [-0.25, -0.2) is 19.2 Å². The molecule has 0 bridgehead atoms. The van der Waals surface area contributed by atoms with Crippen LogP contribution in [0, 0.1) is 11.7 Å². The highest BCUT2D eigenvalue weighted by atomic mass is 35.5. The van der Waals surface area contributed by atoms with Crippen molar-refractivity contribution in [2.45, 2.75) is 13.3 Å². The molecule has 1 aliphatic rings. The van der Waals surface area contributed by atoms with Crippen molar-refractivity contribution >= 4 is 35.1 Å². The van der Waals surface area contributed by atoms with Crippen LogP contribution < -0.4 is 20.3 Å². The number of amides is 2. The van der Waals surface area contributed by atoms with E-state index in [0.29, 0.717) is 18.2 Å². The number of nitrogens with one attached hydrogen (secondary N) is 2. The lowest BCUT2D eigenvalue weighted by atomic mass is 10.1. The molecule has 3 aromatic rings. The molecule has 2 amide bonds. The van der Waals surface area contributed by atoms with E-state index >= 15 is 0 Å². The zero-order chi connectivity index (χ0) is 24.8. The van der Waals surface area contributed by atoms with E-state index in [1.807, 2.05) is 29.2 Å². The minimum Gasteiger partial charge on any atom is -0.492 e. The Morgan fingerprint density at radius 1 is 1.17 bits per heavy atom. The number of anilines is 2. The number of Topliss-reactive ketones (excluding diaryl/α,β-unsaturated/α-hetero) is 1. The van der Waals surface area contributed by atoms with Crippen LogP contribution in [-0.4, -0.2) is 48.0 Å². The molecule has 2 heterocycles. The van der Waals surface area contributed by atoms with Gasteiger partial charge in [-0.3, -0.25) is 4.79 Å². The van der Waals surface area contributed by atoms with Gasteiger partial charge in [-0.05, 0) is 49.2 Å². The first-order valence-electron chi connectivity index (χ1n) is 11.2. The minimum atomic E-state index is -0.613. The fourth-order valence-electron chi connectivity index (χ4n) is 3.76. The highest BCUT2D eigenvalue weighted by Crippen LogP contribution is 2.26. The Morgan fingerprint density at radius 3 is 2.69 bits per heavy atom. The molecule has 2 aromatic carbocycles. The van der Waals surface area contributed by atoms with Gasteiger partial charge in [0.05, 0.1) is 12.2 Å². The first-order valence-corrected chi connectivity index (χ1v) is 11.6. The maximum atomic E-state index is 13.8. The van der Waals surface area contributed by atoms with Crippen molar-refractivity contribution in [3.63, 3.8) is 0 Å². The Labute approximate surface area is 207 Å². The van der Waals surface area contributed by atoms with Gasteiger partial charge in [-0.2, -0.15) is 0 Å². The molecule has 1 unspecified atom stereocenters. The molecule has 8 nitrogen and oxygen atoms in total. The summed E-state index contributed by atoms with van der Waals surface area (Å²) in [5.74, 6) is 0.881. The van der Waals surface area contributed by atoms with Crippen molar-refractivity contribution in [1.29, 1.82) is 0 Å². The molecule has 1 fully saturated rings. The van der Waals surface area contributed by atoms with Crippen molar-refractivity contribution in [2.75, 3.05) is 36.5 Å². The summed E-state index contributed by atoms with van der Waals surface area (Å²) in [7, 11) is 0. The minimum absolute atomic E-state index is 0.0390. The Kier molecular flexibility index (Phi) is 7.77. The molecule has 4 rings (SSSR count). The number of hydrogen-bond donors (Lipinski definition) is 2. The van der Waals surface area contributed by atoms with Crippen LogP contribution in [0.15, 0.2) is 54.9 Å². The number of urea groups is 1. The first kappa shape index (κ1) is 24.4. The monoisotopic (exact) mass is 497 g/mol. The molecule has 0 saturated carbocycles. The number of benzene rings is 2. The van der Waals surface area contributed by atoms with Gasteiger partial charge >= 0.3 is 6.03 Å². The van der Waals surface area contributed by atoms with Gasteiger partial charge in [0.1, 0.15) is 24.0 Å². The molecule has 1 saturated heterocycles. The summed E-state index contributed by atoms with van der Waals surface area (Å²) in [4.78, 5) is 34.5. The average molecular weight is 498 g/mol. The number of aromatic nitrogens is 2. The average Bonchev–Trinajstić information content (AvgIpc) is 3.35. The number of carbonyl (C=O) groups excluding carboxylic acids is 2. The summed E-state index contributed by atoms with van der Waals surface area (Å²) < 4.78 is 19.5. The van der Waals surface area contributed by atoms with E-state index in [9.17, 15) is 14.0 Å². The fourth-order valence-corrected chi connectivity index (χ4v) is 3.92. The third-order valence-electron chi connectivity index (χ3n) is 5.69. The Morgan fingerprint density at radius 2 is 1.97 bits per heavy atom. The second-order valence-corrected chi connectivity index (χ2v) is 8.63. The van der Waals surface area contributed by atoms with Gasteiger partial charge in [0.25, 0.3) is 0 Å². The molecule has 0 spiro atoms. The normalized spacial score (nSPS) is 15.1. The van der Waals surface area contributed by atoms with Crippen molar-refractivity contribution in [3.05, 3.63) is 65.7 Å². The highest BCUT2D eigenvalue weighted by Gasteiger charge is 2.27. The largest absolute Gasteiger partial charge is 0.492 e. The fraction of sp³-hybridized carbons (Fsp3) is 0.280. The summed E-state index contributed by atoms with van der Waals surface area (Å²) in [6.07, 6.45) is 4.34. The number of nitrogens with zero attached hydrogens (tertiary/aromatic N) is 3. The molecule has 1 aliphatic heterocycles. The van der Waals surface area contributed by atoms with E-state index < -0.39 is 11.8 Å². The van der Waals surface area contributed by atoms with Crippen LogP contribution >= 0.6 is 11.6 Å². The predicted molar refractivity (Wildman–Crippen MR) is 132 cm³/mol. The molecule has 0 aliphatic carbocycles. The number of carbonyl (C=O) groups is 2. The molecule has 1 atom stereocenters. The highest BCUT2D eigenvalue weighted by molar-refractivity contribution is 6.30. The molecular weight excluding hydrogens is 473 g/mol. The van der Waals surface area contributed by atoms with Crippen LogP contribution in [-0.2, 0) is 4.79 Å². The Bertz CT molecular complexity index is 1210. The number of ether oxygens (including phenoxy) is 1. The van der Waals surface area contributed by atoms with Gasteiger partial charge in [-0.15, -0.1) is 0 Å². The summed E-state index contributed by atoms with van der Waals surface area (Å²) in [6.45, 7) is 3.49. The van der Waals surface area contributed by atoms with Gasteiger partial charge in [-0.1, -0.05) is 23.7 Å². The van der Waals surface area contributed by atoms with Gasteiger partial charge in [0.2, 0.25) is 5.95 Å². The molecule has 1 aromatic heterocycles. The number of rotatable bonds is 8. The van der Waals surface area contributed by atoms with E-state index in [2.05, 4.69) is 20.6 Å². The summed E-state index contributed by atoms with van der Waals surface area (Å²) in [5, 5.41) is 5.29. The van der Waals surface area contributed by atoms with E-state index in [4.69, 9.17) is 16.3 Å². The van der Waals surface area contributed by atoms with Crippen LogP contribution in [0.5, 0.6) is 5.75 Å². The Hall–Kier alpha value is -3.72. The second-order valence-electron chi connectivity index (χ2n) is 8.20. The summed E-state index contributed by atoms with van der Waals surface area (Å²) in [5.41, 5.74) is 1.77. The number of ketones is 1. The standard InChI is InChI=1S/C25H25ClFN5O3/c1-16(33)18-7-9-32(15-18)24-29-13-19(14-30-24)17-3-2-4-21(11-17)35-10-8-28-25(34)31-23-6-5-20(26)12-22(23)27/h2-6,11-14,18H,7-10,15H2,1H3,(H2,28,31,34). The first-order chi connectivity index (χ1) is 16.9. The Balaban J connectivity index is 1.27. The topological polar surface area (TPSA) is 96.5 Å². The van der Waals surface area contributed by atoms with Gasteiger partial charge < -0.3 is 20.3 Å². The van der Waals surface area contributed by atoms with Crippen LogP contribution in [0.3, 0.4) is 0 Å². The number of hydrogen-bond acceptors (Lipinski definition) is 6. The van der Waals surface area contributed by atoms with Crippen LogP contribution in [0.2, 0.25) is 5.02 Å². The number of halogens is 2. The van der Waals surface area contributed by atoms with Gasteiger partial charge in [0.15, 0.2) is 0 Å². The summed E-state index contributed by atoms with van der Waals surface area (Å²) in [6, 6.07) is 10.9.